The first-order valence-corrected chi connectivity index (χ1v) is 8.93. The van der Waals surface area contributed by atoms with Crippen molar-refractivity contribution in [3.63, 3.8) is 0 Å². The average Bonchev–Trinajstić information content (AvgIpc) is 2.66. The summed E-state index contributed by atoms with van der Waals surface area (Å²) in [7, 11) is 1.61. The fourth-order valence-electron chi connectivity index (χ4n) is 2.21. The monoisotopic (exact) mass is 360 g/mol. The zero-order valence-electron chi connectivity index (χ0n) is 14.2. The van der Waals surface area contributed by atoms with Gasteiger partial charge in [0, 0.05) is 12.7 Å². The molecule has 132 valence electrons. The fraction of sp³-hybridized carbons (Fsp3) is 0.278. The van der Waals surface area contributed by atoms with Crippen molar-refractivity contribution in [3.05, 3.63) is 53.7 Å². The molecule has 2 rings (SSSR count). The highest BCUT2D eigenvalue weighted by Gasteiger charge is 2.14. The summed E-state index contributed by atoms with van der Waals surface area (Å²) in [6.07, 6.45) is 4.06. The molecule has 2 aromatic rings. The van der Waals surface area contributed by atoms with Crippen molar-refractivity contribution in [2.24, 2.45) is 0 Å². The number of esters is 1. The zero-order valence-corrected chi connectivity index (χ0v) is 15.0. The van der Waals surface area contributed by atoms with E-state index in [2.05, 4.69) is 10.3 Å². The Kier molecular flexibility index (Phi) is 7.28. The Balaban J connectivity index is 1.78. The van der Waals surface area contributed by atoms with E-state index in [1.165, 1.54) is 11.8 Å². The zero-order chi connectivity index (χ0) is 18.1. The molecule has 0 aliphatic heterocycles. The number of methoxy groups -OCH3 is 1. The summed E-state index contributed by atoms with van der Waals surface area (Å²) in [6, 6.07) is 10.9. The van der Waals surface area contributed by atoms with Crippen LogP contribution in [0.4, 0.5) is 0 Å². The first kappa shape index (κ1) is 18.8. The minimum Gasteiger partial charge on any atom is -0.496 e. The lowest BCUT2D eigenvalue weighted by molar-refractivity contribution is -0.124. The number of hydrogen-bond donors (Lipinski definition) is 1. The summed E-state index contributed by atoms with van der Waals surface area (Å²) in [5.41, 5.74) is 1.36. The van der Waals surface area contributed by atoms with Crippen LogP contribution in [0, 0.1) is 0 Å². The van der Waals surface area contributed by atoms with Crippen LogP contribution < -0.4 is 10.1 Å². The summed E-state index contributed by atoms with van der Waals surface area (Å²) < 4.78 is 10.3. The molecule has 0 fully saturated rings. The van der Waals surface area contributed by atoms with Crippen LogP contribution in [-0.2, 0) is 16.0 Å². The van der Waals surface area contributed by atoms with Gasteiger partial charge >= 0.3 is 5.97 Å². The molecule has 0 radical (unpaired) electrons. The van der Waals surface area contributed by atoms with Crippen LogP contribution in [0.1, 0.15) is 15.9 Å². The molecule has 1 N–H and O–H groups in total. The largest absolute Gasteiger partial charge is 0.496 e. The van der Waals surface area contributed by atoms with E-state index in [0.717, 1.165) is 11.3 Å². The van der Waals surface area contributed by atoms with Crippen molar-refractivity contribution in [3.8, 4) is 5.75 Å². The Bertz CT molecular complexity index is 737. The van der Waals surface area contributed by atoms with Gasteiger partial charge in [0.1, 0.15) is 10.8 Å². The van der Waals surface area contributed by atoms with E-state index >= 15 is 0 Å². The van der Waals surface area contributed by atoms with Crippen LogP contribution in [-0.4, -0.2) is 43.4 Å². The van der Waals surface area contributed by atoms with E-state index in [-0.39, 0.29) is 12.5 Å². The van der Waals surface area contributed by atoms with Gasteiger partial charge in [0.25, 0.3) is 5.91 Å². The molecule has 0 atom stereocenters. The molecule has 25 heavy (non-hydrogen) atoms. The lowest BCUT2D eigenvalue weighted by atomic mass is 10.1. The number of thioether (sulfide) groups is 1. The molecule has 1 amide bonds. The normalized spacial score (nSPS) is 10.2. The second-order valence-corrected chi connectivity index (χ2v) is 5.84. The second kappa shape index (κ2) is 9.68. The van der Waals surface area contributed by atoms with Crippen molar-refractivity contribution in [1.29, 1.82) is 0 Å². The van der Waals surface area contributed by atoms with Crippen molar-refractivity contribution < 1.29 is 19.1 Å². The number of benzene rings is 1. The summed E-state index contributed by atoms with van der Waals surface area (Å²) in [5, 5.41) is 3.30. The summed E-state index contributed by atoms with van der Waals surface area (Å²) in [5.74, 6) is -0.125. The maximum absolute atomic E-state index is 12.0. The minimum atomic E-state index is -0.558. The molecular formula is C18H20N2O4S. The highest BCUT2D eigenvalue weighted by molar-refractivity contribution is 7.98. The molecule has 7 heteroatoms. The number of amides is 1. The van der Waals surface area contributed by atoms with Gasteiger partial charge in [-0.2, -0.15) is 0 Å². The quantitative estimate of drug-likeness (QED) is 0.575. The number of ether oxygens (including phenoxy) is 2. The Morgan fingerprint density at radius 2 is 2.00 bits per heavy atom. The first-order chi connectivity index (χ1) is 12.2. The van der Waals surface area contributed by atoms with Gasteiger partial charge in [-0.1, -0.05) is 18.2 Å². The number of nitrogens with zero attached hydrogens (tertiary/aromatic N) is 1. The standard InChI is InChI=1S/C18H20N2O4S/c1-23-15-8-4-3-6-13(15)9-11-19-16(21)12-24-18(22)14-7-5-10-20-17(14)25-2/h3-8,10H,9,11-12H2,1-2H3,(H,19,21). The molecule has 0 saturated heterocycles. The van der Waals surface area contributed by atoms with Crippen molar-refractivity contribution >= 4 is 23.6 Å². The maximum atomic E-state index is 12.0. The summed E-state index contributed by atoms with van der Waals surface area (Å²) in [4.78, 5) is 28.0. The van der Waals surface area contributed by atoms with Gasteiger partial charge < -0.3 is 14.8 Å². The molecular weight excluding hydrogens is 340 g/mol. The minimum absolute atomic E-state index is 0.326. The molecule has 1 heterocycles. The highest BCUT2D eigenvalue weighted by Crippen LogP contribution is 2.18. The van der Waals surface area contributed by atoms with E-state index < -0.39 is 5.97 Å². The number of para-hydroxylation sites is 1. The van der Waals surface area contributed by atoms with Gasteiger partial charge in [-0.3, -0.25) is 4.79 Å². The SMILES string of the molecule is COc1ccccc1CCNC(=O)COC(=O)c1cccnc1SC. The third-order valence-corrected chi connectivity index (χ3v) is 4.14. The van der Waals surface area contributed by atoms with E-state index in [1.54, 1.807) is 25.4 Å². The number of carbonyl (C=O) groups excluding carboxylic acids is 2. The predicted molar refractivity (Wildman–Crippen MR) is 96.0 cm³/mol. The van der Waals surface area contributed by atoms with Crippen molar-refractivity contribution in [2.45, 2.75) is 11.4 Å². The van der Waals surface area contributed by atoms with Gasteiger partial charge in [0.2, 0.25) is 0 Å². The topological polar surface area (TPSA) is 77.5 Å². The van der Waals surface area contributed by atoms with E-state index in [9.17, 15) is 9.59 Å². The van der Waals surface area contributed by atoms with Crippen LogP contribution >= 0.6 is 11.8 Å². The van der Waals surface area contributed by atoms with Gasteiger partial charge in [-0.15, -0.1) is 11.8 Å². The van der Waals surface area contributed by atoms with Crippen LogP contribution in [0.2, 0.25) is 0 Å². The van der Waals surface area contributed by atoms with E-state index in [0.29, 0.717) is 23.6 Å². The first-order valence-electron chi connectivity index (χ1n) is 7.70. The van der Waals surface area contributed by atoms with Gasteiger partial charge in [0.05, 0.1) is 12.7 Å². The van der Waals surface area contributed by atoms with Crippen LogP contribution in [0.3, 0.4) is 0 Å². The fourth-order valence-corrected chi connectivity index (χ4v) is 2.75. The highest BCUT2D eigenvalue weighted by atomic mass is 32.2. The predicted octanol–water partition coefficient (Wildman–Crippen LogP) is 2.33. The second-order valence-electron chi connectivity index (χ2n) is 5.05. The lowest BCUT2D eigenvalue weighted by Gasteiger charge is -2.10. The van der Waals surface area contributed by atoms with Crippen LogP contribution in [0.25, 0.3) is 0 Å². The molecule has 0 aliphatic rings. The number of rotatable bonds is 8. The molecule has 6 nitrogen and oxygen atoms in total. The van der Waals surface area contributed by atoms with Crippen LogP contribution in [0.15, 0.2) is 47.6 Å². The Hall–Kier alpha value is -2.54. The smallest absolute Gasteiger partial charge is 0.341 e. The van der Waals surface area contributed by atoms with Crippen molar-refractivity contribution in [1.82, 2.24) is 10.3 Å². The molecule has 0 saturated carbocycles. The van der Waals surface area contributed by atoms with E-state index in [1.807, 2.05) is 30.5 Å². The van der Waals surface area contributed by atoms with Gasteiger partial charge in [-0.05, 0) is 36.4 Å². The number of nitrogens with one attached hydrogen (secondary N) is 1. The third-order valence-electron chi connectivity index (χ3n) is 3.43. The molecule has 0 bridgehead atoms. The number of aromatic nitrogens is 1. The Labute approximate surface area is 150 Å². The lowest BCUT2D eigenvalue weighted by Crippen LogP contribution is -2.30. The van der Waals surface area contributed by atoms with Gasteiger partial charge in [-0.25, -0.2) is 9.78 Å². The molecule has 1 aromatic heterocycles. The van der Waals surface area contributed by atoms with Crippen molar-refractivity contribution in [2.75, 3.05) is 26.5 Å². The average molecular weight is 360 g/mol. The van der Waals surface area contributed by atoms with Gasteiger partial charge in [0.15, 0.2) is 6.61 Å². The van der Waals surface area contributed by atoms with Crippen LogP contribution in [0.5, 0.6) is 5.75 Å². The number of hydrogen-bond acceptors (Lipinski definition) is 6. The summed E-state index contributed by atoms with van der Waals surface area (Å²) in [6.45, 7) is 0.104. The number of pyridine rings is 1. The van der Waals surface area contributed by atoms with E-state index in [4.69, 9.17) is 9.47 Å². The summed E-state index contributed by atoms with van der Waals surface area (Å²) >= 11 is 1.35. The molecule has 0 spiro atoms. The maximum Gasteiger partial charge on any atom is 0.341 e. The third kappa shape index (κ3) is 5.49. The molecule has 0 unspecified atom stereocenters. The number of carbonyl (C=O) groups is 2. The Morgan fingerprint density at radius 3 is 2.76 bits per heavy atom. The molecule has 0 aliphatic carbocycles. The molecule has 1 aromatic carbocycles. The Morgan fingerprint density at radius 1 is 1.20 bits per heavy atom.